The van der Waals surface area contributed by atoms with Gasteiger partial charge in [0.25, 0.3) is 0 Å². The molecule has 1 aromatic carbocycles. The number of pyridine rings is 1. The van der Waals surface area contributed by atoms with Gasteiger partial charge in [-0.05, 0) is 86.8 Å². The summed E-state index contributed by atoms with van der Waals surface area (Å²) in [5.74, 6) is 1.05. The molecule has 4 aliphatic rings. The summed E-state index contributed by atoms with van der Waals surface area (Å²) in [6, 6.07) is 15.0. The number of rotatable bonds is 3. The Balaban J connectivity index is 1.30. The minimum absolute atomic E-state index is 0.0900. The summed E-state index contributed by atoms with van der Waals surface area (Å²) in [4.78, 5) is 21.4. The Morgan fingerprint density at radius 1 is 1.08 bits per heavy atom. The van der Waals surface area contributed by atoms with E-state index < -0.39 is 6.17 Å². The van der Waals surface area contributed by atoms with E-state index in [-0.39, 0.29) is 17.4 Å². The lowest BCUT2D eigenvalue weighted by Gasteiger charge is -2.48. The van der Waals surface area contributed by atoms with E-state index in [1.54, 1.807) is 0 Å². The Kier molecular flexibility index (Phi) is 6.81. The van der Waals surface area contributed by atoms with Crippen molar-refractivity contribution in [1.29, 1.82) is 0 Å². The van der Waals surface area contributed by atoms with Gasteiger partial charge in [0.15, 0.2) is 0 Å². The van der Waals surface area contributed by atoms with E-state index in [2.05, 4.69) is 51.6 Å². The topological polar surface area (TPSA) is 45.2 Å². The van der Waals surface area contributed by atoms with Crippen LogP contribution in [0.2, 0.25) is 5.15 Å². The SMILES string of the molecule is O=C(C1CNC[C@]12CCCc1nc(Cl)ccc12)N1CC[C@H](c2ccccc2)C[C@H]1C1CCC(F)CC1. The number of fused-ring (bicyclic) bond motifs is 2. The van der Waals surface area contributed by atoms with Crippen LogP contribution in [-0.2, 0) is 16.6 Å². The number of carbonyl (C=O) groups is 1. The third kappa shape index (κ3) is 4.36. The largest absolute Gasteiger partial charge is 0.339 e. The average Bonchev–Trinajstić information content (AvgIpc) is 3.32. The average molecular weight is 510 g/mol. The van der Waals surface area contributed by atoms with Gasteiger partial charge in [0.05, 0.1) is 5.92 Å². The molecule has 0 bridgehead atoms. The Hall–Kier alpha value is -1.98. The van der Waals surface area contributed by atoms with Crippen LogP contribution in [0, 0.1) is 11.8 Å². The molecule has 192 valence electrons. The molecule has 2 saturated heterocycles. The van der Waals surface area contributed by atoms with Gasteiger partial charge in [0.2, 0.25) is 5.91 Å². The van der Waals surface area contributed by atoms with Crippen LogP contribution in [0.5, 0.6) is 0 Å². The van der Waals surface area contributed by atoms with Gasteiger partial charge in [0, 0.05) is 36.8 Å². The molecule has 4 atom stereocenters. The van der Waals surface area contributed by atoms with Crippen LogP contribution in [0.4, 0.5) is 4.39 Å². The summed E-state index contributed by atoms with van der Waals surface area (Å²) in [5.41, 5.74) is 3.45. The van der Waals surface area contributed by atoms with Gasteiger partial charge in [-0.1, -0.05) is 48.0 Å². The quantitative estimate of drug-likeness (QED) is 0.529. The highest BCUT2D eigenvalue weighted by atomic mass is 35.5. The molecule has 1 saturated carbocycles. The normalized spacial score (nSPS) is 34.5. The molecular weight excluding hydrogens is 473 g/mol. The van der Waals surface area contributed by atoms with E-state index >= 15 is 0 Å². The Morgan fingerprint density at radius 3 is 2.69 bits per heavy atom. The maximum Gasteiger partial charge on any atom is 0.228 e. The second kappa shape index (κ2) is 10.1. The van der Waals surface area contributed by atoms with Crippen molar-refractivity contribution in [2.75, 3.05) is 19.6 Å². The van der Waals surface area contributed by atoms with Crippen molar-refractivity contribution in [1.82, 2.24) is 15.2 Å². The van der Waals surface area contributed by atoms with Gasteiger partial charge in [-0.15, -0.1) is 0 Å². The molecule has 6 heteroatoms. The highest BCUT2D eigenvalue weighted by Gasteiger charge is 2.52. The highest BCUT2D eigenvalue weighted by molar-refractivity contribution is 6.29. The van der Waals surface area contributed by atoms with Crippen LogP contribution in [0.1, 0.15) is 74.1 Å². The third-order valence-corrected chi connectivity index (χ3v) is 9.92. The van der Waals surface area contributed by atoms with E-state index in [1.807, 2.05) is 6.07 Å². The van der Waals surface area contributed by atoms with Crippen molar-refractivity contribution in [3.05, 3.63) is 64.4 Å². The number of benzene rings is 1. The van der Waals surface area contributed by atoms with E-state index in [1.165, 1.54) is 11.1 Å². The molecule has 1 N–H and O–H groups in total. The lowest BCUT2D eigenvalue weighted by atomic mass is 9.64. The number of carbonyl (C=O) groups excluding carboxylic acids is 1. The molecular formula is C30H37ClFN3O. The smallest absolute Gasteiger partial charge is 0.228 e. The van der Waals surface area contributed by atoms with Crippen molar-refractivity contribution < 1.29 is 9.18 Å². The predicted octanol–water partition coefficient (Wildman–Crippen LogP) is 5.83. The Bertz CT molecular complexity index is 1090. The van der Waals surface area contributed by atoms with Crippen LogP contribution in [0.25, 0.3) is 0 Å². The van der Waals surface area contributed by atoms with Crippen molar-refractivity contribution in [2.45, 2.75) is 81.3 Å². The van der Waals surface area contributed by atoms with E-state index in [0.717, 1.165) is 63.7 Å². The van der Waals surface area contributed by atoms with Crippen molar-refractivity contribution in [2.24, 2.45) is 11.8 Å². The van der Waals surface area contributed by atoms with Gasteiger partial charge in [-0.3, -0.25) is 4.79 Å². The molecule has 2 aromatic rings. The zero-order valence-electron chi connectivity index (χ0n) is 21.0. The fourth-order valence-corrected chi connectivity index (χ4v) is 8.03. The summed E-state index contributed by atoms with van der Waals surface area (Å²) in [6.45, 7) is 2.32. The molecule has 3 heterocycles. The maximum absolute atomic E-state index is 14.5. The number of nitrogens with one attached hydrogen (secondary N) is 1. The second-order valence-electron chi connectivity index (χ2n) is 11.6. The Morgan fingerprint density at radius 2 is 1.89 bits per heavy atom. The summed E-state index contributed by atoms with van der Waals surface area (Å²) >= 11 is 6.24. The van der Waals surface area contributed by atoms with Crippen LogP contribution in [0.3, 0.4) is 0 Å². The second-order valence-corrected chi connectivity index (χ2v) is 12.0. The predicted molar refractivity (Wildman–Crippen MR) is 141 cm³/mol. The van der Waals surface area contributed by atoms with Crippen LogP contribution >= 0.6 is 11.6 Å². The number of hydrogen-bond donors (Lipinski definition) is 1. The summed E-state index contributed by atoms with van der Waals surface area (Å²) < 4.78 is 14.1. The van der Waals surface area contributed by atoms with Gasteiger partial charge >= 0.3 is 0 Å². The number of alkyl halides is 1. The fraction of sp³-hybridized carbons (Fsp3) is 0.600. The van der Waals surface area contributed by atoms with Gasteiger partial charge < -0.3 is 10.2 Å². The van der Waals surface area contributed by atoms with Gasteiger partial charge in [0.1, 0.15) is 11.3 Å². The minimum atomic E-state index is -0.681. The molecule has 1 spiro atoms. The van der Waals surface area contributed by atoms with E-state index in [4.69, 9.17) is 11.6 Å². The minimum Gasteiger partial charge on any atom is -0.339 e. The van der Waals surface area contributed by atoms with Crippen molar-refractivity contribution >= 4 is 17.5 Å². The van der Waals surface area contributed by atoms with Gasteiger partial charge in [-0.25, -0.2) is 9.37 Å². The molecule has 36 heavy (non-hydrogen) atoms. The fourth-order valence-electron chi connectivity index (χ4n) is 7.86. The number of likely N-dealkylation sites (tertiary alicyclic amines) is 1. The van der Waals surface area contributed by atoms with Crippen LogP contribution in [-0.4, -0.2) is 47.6 Å². The van der Waals surface area contributed by atoms with Crippen LogP contribution in [0.15, 0.2) is 42.5 Å². The summed E-state index contributed by atoms with van der Waals surface area (Å²) in [6.07, 6.45) is 7.30. The van der Waals surface area contributed by atoms with Crippen molar-refractivity contribution in [3.8, 4) is 0 Å². The number of piperidine rings is 1. The van der Waals surface area contributed by atoms with Gasteiger partial charge in [-0.2, -0.15) is 0 Å². The monoisotopic (exact) mass is 509 g/mol. The number of nitrogens with zero attached hydrogens (tertiary/aromatic N) is 2. The number of aryl methyl sites for hydroxylation is 1. The Labute approximate surface area is 219 Å². The molecule has 1 unspecified atom stereocenters. The van der Waals surface area contributed by atoms with E-state index in [0.29, 0.717) is 42.3 Å². The first-order valence-corrected chi connectivity index (χ1v) is 14.3. The lowest BCUT2D eigenvalue weighted by Crippen LogP contribution is -2.55. The number of hydrogen-bond acceptors (Lipinski definition) is 3. The first-order chi connectivity index (χ1) is 17.5. The third-order valence-electron chi connectivity index (χ3n) is 9.71. The zero-order chi connectivity index (χ0) is 24.7. The molecule has 1 aromatic heterocycles. The zero-order valence-corrected chi connectivity index (χ0v) is 21.7. The molecule has 3 fully saturated rings. The number of aromatic nitrogens is 1. The number of amides is 1. The lowest BCUT2D eigenvalue weighted by molar-refractivity contribution is -0.143. The first-order valence-electron chi connectivity index (χ1n) is 13.9. The first kappa shape index (κ1) is 24.4. The number of halogens is 2. The summed E-state index contributed by atoms with van der Waals surface area (Å²) in [5, 5.41) is 4.12. The maximum atomic E-state index is 14.5. The van der Waals surface area contributed by atoms with E-state index in [9.17, 15) is 9.18 Å². The van der Waals surface area contributed by atoms with Crippen LogP contribution < -0.4 is 5.32 Å². The molecule has 0 radical (unpaired) electrons. The molecule has 1 amide bonds. The molecule has 2 aliphatic heterocycles. The molecule has 4 nitrogen and oxygen atoms in total. The summed E-state index contributed by atoms with van der Waals surface area (Å²) in [7, 11) is 0. The molecule has 2 aliphatic carbocycles. The standard InChI is InChI=1S/C30H37ClFN3O/c31-28-13-12-24-26(34-28)7-4-15-30(24)19-33-18-25(30)29(36)35-16-14-22(20-5-2-1-3-6-20)17-27(35)21-8-10-23(32)11-9-21/h1-3,5-6,12-13,21-23,25,27,33H,4,7-11,14-19H2/t21?,22-,23?,25?,27-,30-/m0/s1. The highest BCUT2D eigenvalue weighted by Crippen LogP contribution is 2.47. The molecule has 6 rings (SSSR count). The van der Waals surface area contributed by atoms with Crippen molar-refractivity contribution in [3.63, 3.8) is 0 Å².